The number of fused-ring (bicyclic) bond motifs is 1. The lowest BCUT2D eigenvalue weighted by molar-refractivity contribution is -0.119. The minimum Gasteiger partial charge on any atom is -0.393 e. The van der Waals surface area contributed by atoms with Crippen molar-refractivity contribution in [3.05, 3.63) is 84.7 Å². The van der Waals surface area contributed by atoms with E-state index in [2.05, 4.69) is 39.0 Å². The van der Waals surface area contributed by atoms with Gasteiger partial charge in [0.05, 0.1) is 12.1 Å². The zero-order chi connectivity index (χ0) is 21.6. The van der Waals surface area contributed by atoms with Crippen LogP contribution in [-0.4, -0.2) is 22.4 Å². The van der Waals surface area contributed by atoms with Crippen LogP contribution in [0.5, 0.6) is 0 Å². The van der Waals surface area contributed by atoms with E-state index in [1.54, 1.807) is 0 Å². The second-order valence-electron chi connectivity index (χ2n) is 7.04. The van der Waals surface area contributed by atoms with Crippen LogP contribution in [0.3, 0.4) is 0 Å². The summed E-state index contributed by atoms with van der Waals surface area (Å²) in [7, 11) is 0. The van der Waals surface area contributed by atoms with Crippen LogP contribution in [0, 0.1) is 0 Å². The molecular formula is C24H24N6O. The first kappa shape index (κ1) is 20.2. The van der Waals surface area contributed by atoms with Crippen molar-refractivity contribution in [2.45, 2.75) is 13.3 Å². The number of aromatic nitrogens is 2. The molecule has 0 saturated carbocycles. The van der Waals surface area contributed by atoms with E-state index in [0.717, 1.165) is 22.0 Å². The molecular weight excluding hydrogens is 388 g/mol. The van der Waals surface area contributed by atoms with Crippen LogP contribution in [-0.2, 0) is 11.2 Å². The molecule has 0 saturated heterocycles. The van der Waals surface area contributed by atoms with Gasteiger partial charge in [0.25, 0.3) is 0 Å². The second-order valence-corrected chi connectivity index (χ2v) is 7.04. The SMILES string of the molecule is CCN(c1ncnc(NNC(=O)Cc2ccccc2)c1N)c1cccc2ccccc12. The molecule has 0 bridgehead atoms. The molecule has 0 aliphatic rings. The van der Waals surface area contributed by atoms with Gasteiger partial charge in [-0.15, -0.1) is 0 Å². The maximum absolute atomic E-state index is 12.3. The van der Waals surface area contributed by atoms with Crippen molar-refractivity contribution in [2.24, 2.45) is 0 Å². The molecule has 1 heterocycles. The molecule has 3 aromatic carbocycles. The Kier molecular flexibility index (Phi) is 5.93. The van der Waals surface area contributed by atoms with E-state index in [4.69, 9.17) is 5.73 Å². The number of carbonyl (C=O) groups excluding carboxylic acids is 1. The van der Waals surface area contributed by atoms with Crippen LogP contribution in [0.4, 0.5) is 23.0 Å². The number of benzene rings is 3. The first-order valence-electron chi connectivity index (χ1n) is 10.1. The van der Waals surface area contributed by atoms with Gasteiger partial charge in [-0.25, -0.2) is 9.97 Å². The standard InChI is InChI=1S/C24H24N6O/c1-2-30(20-14-8-12-18-11-6-7-13-19(18)20)24-22(25)23(26-16-27-24)29-28-21(31)15-17-9-4-3-5-10-17/h3-14,16H,2,15,25H2,1H3,(H,28,31)(H,26,27,29). The highest BCUT2D eigenvalue weighted by Gasteiger charge is 2.18. The van der Waals surface area contributed by atoms with E-state index in [-0.39, 0.29) is 12.3 Å². The van der Waals surface area contributed by atoms with Crippen molar-refractivity contribution in [1.82, 2.24) is 15.4 Å². The third-order valence-electron chi connectivity index (χ3n) is 5.02. The molecule has 1 aromatic heterocycles. The molecule has 0 aliphatic heterocycles. The average Bonchev–Trinajstić information content (AvgIpc) is 2.80. The Morgan fingerprint density at radius 3 is 2.52 bits per heavy atom. The van der Waals surface area contributed by atoms with Crippen LogP contribution >= 0.6 is 0 Å². The monoisotopic (exact) mass is 412 g/mol. The topological polar surface area (TPSA) is 96.2 Å². The van der Waals surface area contributed by atoms with Crippen LogP contribution in [0.1, 0.15) is 12.5 Å². The zero-order valence-corrected chi connectivity index (χ0v) is 17.2. The minimum absolute atomic E-state index is 0.188. The van der Waals surface area contributed by atoms with Crippen molar-refractivity contribution >= 4 is 39.7 Å². The Morgan fingerprint density at radius 2 is 1.71 bits per heavy atom. The molecule has 4 aromatic rings. The number of nitrogens with one attached hydrogen (secondary N) is 2. The molecule has 0 radical (unpaired) electrons. The lowest BCUT2D eigenvalue weighted by atomic mass is 10.1. The Morgan fingerprint density at radius 1 is 0.968 bits per heavy atom. The molecule has 0 unspecified atom stereocenters. The van der Waals surface area contributed by atoms with Gasteiger partial charge in [0.15, 0.2) is 11.6 Å². The molecule has 0 fully saturated rings. The van der Waals surface area contributed by atoms with Gasteiger partial charge in [-0.2, -0.15) is 0 Å². The summed E-state index contributed by atoms with van der Waals surface area (Å²) >= 11 is 0. The summed E-state index contributed by atoms with van der Waals surface area (Å²) in [6.45, 7) is 2.70. The molecule has 0 spiro atoms. The maximum Gasteiger partial charge on any atom is 0.242 e. The maximum atomic E-state index is 12.3. The number of rotatable bonds is 7. The predicted octanol–water partition coefficient (Wildman–Crippen LogP) is 4.06. The van der Waals surface area contributed by atoms with Crippen molar-refractivity contribution in [3.63, 3.8) is 0 Å². The van der Waals surface area contributed by atoms with Crippen molar-refractivity contribution < 1.29 is 4.79 Å². The lowest BCUT2D eigenvalue weighted by Gasteiger charge is -2.25. The fourth-order valence-corrected chi connectivity index (χ4v) is 3.53. The Balaban J connectivity index is 1.57. The van der Waals surface area contributed by atoms with Crippen LogP contribution in [0.25, 0.3) is 10.8 Å². The fraction of sp³-hybridized carbons (Fsp3) is 0.125. The van der Waals surface area contributed by atoms with E-state index in [1.165, 1.54) is 6.33 Å². The molecule has 156 valence electrons. The zero-order valence-electron chi connectivity index (χ0n) is 17.2. The largest absolute Gasteiger partial charge is 0.393 e. The van der Waals surface area contributed by atoms with Crippen molar-refractivity contribution in [1.29, 1.82) is 0 Å². The minimum atomic E-state index is -0.188. The van der Waals surface area contributed by atoms with Gasteiger partial charge in [-0.3, -0.25) is 15.6 Å². The third kappa shape index (κ3) is 4.40. The van der Waals surface area contributed by atoms with Gasteiger partial charge in [-0.05, 0) is 23.9 Å². The van der Waals surface area contributed by atoms with Gasteiger partial charge >= 0.3 is 0 Å². The van der Waals surface area contributed by atoms with Gasteiger partial charge in [-0.1, -0.05) is 66.7 Å². The summed E-state index contributed by atoms with van der Waals surface area (Å²) in [5.74, 6) is 0.742. The second kappa shape index (κ2) is 9.13. The Hall–Kier alpha value is -4.13. The number of nitrogens with two attached hydrogens (primary N) is 1. The molecule has 4 N–H and O–H groups in total. The van der Waals surface area contributed by atoms with Gasteiger partial charge < -0.3 is 10.6 Å². The summed E-state index contributed by atoms with van der Waals surface area (Å²) in [5, 5.41) is 2.24. The quantitative estimate of drug-likeness (QED) is 0.396. The molecule has 7 heteroatoms. The van der Waals surface area contributed by atoms with Crippen molar-refractivity contribution in [3.8, 4) is 0 Å². The molecule has 0 aliphatic carbocycles. The van der Waals surface area contributed by atoms with E-state index >= 15 is 0 Å². The van der Waals surface area contributed by atoms with E-state index in [1.807, 2.05) is 66.4 Å². The average molecular weight is 412 g/mol. The third-order valence-corrected chi connectivity index (χ3v) is 5.02. The number of hydrazine groups is 1. The summed E-state index contributed by atoms with van der Waals surface area (Å²) in [6.07, 6.45) is 1.69. The van der Waals surface area contributed by atoms with Gasteiger partial charge in [0.1, 0.15) is 12.0 Å². The van der Waals surface area contributed by atoms with Crippen molar-refractivity contribution in [2.75, 3.05) is 22.6 Å². The molecule has 31 heavy (non-hydrogen) atoms. The highest BCUT2D eigenvalue weighted by Crippen LogP contribution is 2.35. The lowest BCUT2D eigenvalue weighted by Crippen LogP contribution is -2.32. The van der Waals surface area contributed by atoms with E-state index in [0.29, 0.717) is 23.9 Å². The summed E-state index contributed by atoms with van der Waals surface area (Å²) < 4.78 is 0. The number of amides is 1. The van der Waals surface area contributed by atoms with Crippen LogP contribution in [0.15, 0.2) is 79.1 Å². The number of nitrogens with zero attached hydrogens (tertiary/aromatic N) is 3. The highest BCUT2D eigenvalue weighted by molar-refractivity contribution is 5.97. The van der Waals surface area contributed by atoms with Crippen LogP contribution in [0.2, 0.25) is 0 Å². The van der Waals surface area contributed by atoms with E-state index < -0.39 is 0 Å². The highest BCUT2D eigenvalue weighted by atomic mass is 16.2. The number of hydrogen-bond donors (Lipinski definition) is 3. The van der Waals surface area contributed by atoms with E-state index in [9.17, 15) is 4.79 Å². The predicted molar refractivity (Wildman–Crippen MR) is 125 cm³/mol. The smallest absolute Gasteiger partial charge is 0.242 e. The van der Waals surface area contributed by atoms with Gasteiger partial charge in [0.2, 0.25) is 5.91 Å². The molecule has 4 rings (SSSR count). The fourth-order valence-electron chi connectivity index (χ4n) is 3.53. The van der Waals surface area contributed by atoms with Crippen LogP contribution < -0.4 is 21.5 Å². The number of hydrogen-bond acceptors (Lipinski definition) is 6. The number of nitrogen functional groups attached to an aromatic ring is 1. The molecule has 7 nitrogen and oxygen atoms in total. The molecule has 1 amide bonds. The summed E-state index contributed by atoms with van der Waals surface area (Å²) in [5.41, 5.74) is 14.2. The number of anilines is 4. The molecule has 0 atom stereocenters. The Bertz CT molecular complexity index is 1190. The van der Waals surface area contributed by atoms with Gasteiger partial charge in [0, 0.05) is 11.9 Å². The normalized spacial score (nSPS) is 10.6. The summed E-state index contributed by atoms with van der Waals surface area (Å²) in [4.78, 5) is 22.9. The number of carbonyl (C=O) groups is 1. The Labute approximate surface area is 180 Å². The summed E-state index contributed by atoms with van der Waals surface area (Å²) in [6, 6.07) is 23.8. The first-order chi connectivity index (χ1) is 15.2. The first-order valence-corrected chi connectivity index (χ1v) is 10.1.